The maximum atomic E-state index is 11.7. The summed E-state index contributed by atoms with van der Waals surface area (Å²) in [7, 11) is 0. The van der Waals surface area contributed by atoms with E-state index in [2.05, 4.69) is 49.0 Å². The van der Waals surface area contributed by atoms with E-state index in [0.717, 1.165) is 13.6 Å². The molecule has 7 heteroatoms. The largest absolute Gasteiger partial charge is 0.483 e. The van der Waals surface area contributed by atoms with Crippen LogP contribution in [0.4, 0.5) is 0 Å². The zero-order valence-electron chi connectivity index (χ0n) is 11.2. The van der Waals surface area contributed by atoms with Crippen LogP contribution in [0.1, 0.15) is 5.56 Å². The molecule has 0 aliphatic carbocycles. The molecular weight excluding hydrogens is 482 g/mol. The first-order valence-electron chi connectivity index (χ1n) is 6.20. The van der Waals surface area contributed by atoms with Crippen LogP contribution in [0.25, 0.3) is 0 Å². The molecule has 2 aromatic carbocycles. The fourth-order valence-electron chi connectivity index (χ4n) is 1.50. The number of hydrogen-bond acceptors (Lipinski definition) is 3. The van der Waals surface area contributed by atoms with E-state index in [9.17, 15) is 4.79 Å². The number of nitrogens with zero attached hydrogens (tertiary/aromatic N) is 1. The standard InChI is InChI=1S/C15H11BrClIN2O2/c16-11-3-1-10(2-4-11)8-19-20-15(21)9-22-14-6-5-12(17)7-13(14)18/h1-8H,9H2,(H,20,21)/b19-8+. The van der Waals surface area contributed by atoms with Crippen molar-refractivity contribution in [2.24, 2.45) is 5.10 Å². The number of amides is 1. The lowest BCUT2D eigenvalue weighted by Crippen LogP contribution is -2.24. The SMILES string of the molecule is O=C(COc1ccc(Cl)cc1I)N/N=C/c1ccc(Br)cc1. The van der Waals surface area contributed by atoms with Crippen LogP contribution in [0.3, 0.4) is 0 Å². The second kappa shape index (κ2) is 8.50. The van der Waals surface area contributed by atoms with Gasteiger partial charge in [0, 0.05) is 9.50 Å². The first kappa shape index (κ1) is 17.2. The van der Waals surface area contributed by atoms with Gasteiger partial charge in [0.1, 0.15) is 5.75 Å². The van der Waals surface area contributed by atoms with Gasteiger partial charge < -0.3 is 4.74 Å². The van der Waals surface area contributed by atoms with Gasteiger partial charge in [0.25, 0.3) is 5.91 Å². The smallest absolute Gasteiger partial charge is 0.277 e. The number of halogens is 3. The average molecular weight is 494 g/mol. The summed E-state index contributed by atoms with van der Waals surface area (Å²) in [5, 5.41) is 4.50. The van der Waals surface area contributed by atoms with Crippen LogP contribution in [0.2, 0.25) is 5.02 Å². The maximum Gasteiger partial charge on any atom is 0.277 e. The molecule has 0 unspecified atom stereocenters. The summed E-state index contributed by atoms with van der Waals surface area (Å²) in [4.78, 5) is 11.7. The minimum atomic E-state index is -0.334. The van der Waals surface area contributed by atoms with Crippen molar-refractivity contribution in [1.29, 1.82) is 0 Å². The van der Waals surface area contributed by atoms with Crippen LogP contribution in [0.15, 0.2) is 52.0 Å². The third kappa shape index (κ3) is 5.58. The number of nitrogens with one attached hydrogen (secondary N) is 1. The molecule has 0 heterocycles. The van der Waals surface area contributed by atoms with Crippen molar-refractivity contribution in [3.8, 4) is 5.75 Å². The predicted molar refractivity (Wildman–Crippen MR) is 99.5 cm³/mol. The monoisotopic (exact) mass is 492 g/mol. The highest BCUT2D eigenvalue weighted by atomic mass is 127. The Morgan fingerprint density at radius 1 is 1.32 bits per heavy atom. The molecule has 2 aromatic rings. The lowest BCUT2D eigenvalue weighted by Gasteiger charge is -2.07. The van der Waals surface area contributed by atoms with E-state index in [4.69, 9.17) is 16.3 Å². The number of rotatable bonds is 5. The van der Waals surface area contributed by atoms with Gasteiger partial charge in [-0.1, -0.05) is 39.7 Å². The molecule has 0 atom stereocenters. The highest BCUT2D eigenvalue weighted by Crippen LogP contribution is 2.24. The number of hydrogen-bond donors (Lipinski definition) is 1. The molecule has 0 aromatic heterocycles. The van der Waals surface area contributed by atoms with Crippen LogP contribution in [-0.2, 0) is 4.79 Å². The van der Waals surface area contributed by atoms with Gasteiger partial charge >= 0.3 is 0 Å². The van der Waals surface area contributed by atoms with E-state index in [0.29, 0.717) is 10.8 Å². The first-order chi connectivity index (χ1) is 10.5. The Bertz CT molecular complexity index is 692. The average Bonchev–Trinajstić information content (AvgIpc) is 2.48. The van der Waals surface area contributed by atoms with Gasteiger partial charge in [-0.15, -0.1) is 0 Å². The van der Waals surface area contributed by atoms with E-state index in [-0.39, 0.29) is 12.5 Å². The molecule has 1 amide bonds. The minimum absolute atomic E-state index is 0.116. The summed E-state index contributed by atoms with van der Waals surface area (Å²) in [6, 6.07) is 12.8. The molecule has 0 bridgehead atoms. The quantitative estimate of drug-likeness (QED) is 0.385. The summed E-state index contributed by atoms with van der Waals surface area (Å²) in [5.41, 5.74) is 3.30. The molecule has 0 saturated carbocycles. The predicted octanol–water partition coefficient (Wildman–Crippen LogP) is 4.24. The van der Waals surface area contributed by atoms with E-state index in [1.807, 2.05) is 24.3 Å². The number of carbonyl (C=O) groups excluding carboxylic acids is 1. The molecule has 0 spiro atoms. The summed E-state index contributed by atoms with van der Waals surface area (Å²) in [6.07, 6.45) is 1.57. The van der Waals surface area contributed by atoms with Gasteiger partial charge in [-0.05, 0) is 58.5 Å². The number of benzene rings is 2. The zero-order valence-corrected chi connectivity index (χ0v) is 15.7. The molecule has 0 saturated heterocycles. The normalized spacial score (nSPS) is 10.7. The fraction of sp³-hybridized carbons (Fsp3) is 0.0667. The van der Waals surface area contributed by atoms with Crippen molar-refractivity contribution < 1.29 is 9.53 Å². The number of carbonyl (C=O) groups is 1. The Hall–Kier alpha value is -1.12. The molecule has 0 aliphatic heterocycles. The van der Waals surface area contributed by atoms with E-state index in [1.54, 1.807) is 24.4 Å². The second-order valence-corrected chi connectivity index (χ2v) is 6.72. The topological polar surface area (TPSA) is 50.7 Å². The van der Waals surface area contributed by atoms with Crippen molar-refractivity contribution in [1.82, 2.24) is 5.43 Å². The molecule has 0 radical (unpaired) electrons. The maximum absolute atomic E-state index is 11.7. The van der Waals surface area contributed by atoms with Crippen molar-refractivity contribution >= 4 is 62.2 Å². The molecular formula is C15H11BrClIN2O2. The molecule has 4 nitrogen and oxygen atoms in total. The van der Waals surface area contributed by atoms with E-state index >= 15 is 0 Å². The lowest BCUT2D eigenvalue weighted by molar-refractivity contribution is -0.123. The van der Waals surface area contributed by atoms with Crippen molar-refractivity contribution in [2.45, 2.75) is 0 Å². The molecule has 22 heavy (non-hydrogen) atoms. The van der Waals surface area contributed by atoms with E-state index < -0.39 is 0 Å². The summed E-state index contributed by atoms with van der Waals surface area (Å²) < 4.78 is 7.24. The molecule has 2 rings (SSSR count). The van der Waals surface area contributed by atoms with Crippen LogP contribution in [0, 0.1) is 3.57 Å². The van der Waals surface area contributed by atoms with Gasteiger partial charge in [-0.25, -0.2) is 5.43 Å². The Labute approximate surface area is 155 Å². The van der Waals surface area contributed by atoms with E-state index in [1.165, 1.54) is 0 Å². The summed E-state index contributed by atoms with van der Waals surface area (Å²) in [5.74, 6) is 0.274. The van der Waals surface area contributed by atoms with Crippen LogP contribution < -0.4 is 10.2 Å². The summed E-state index contributed by atoms with van der Waals surface area (Å²) >= 11 is 11.3. The first-order valence-corrected chi connectivity index (χ1v) is 8.45. The van der Waals surface area contributed by atoms with Gasteiger partial charge in [0.05, 0.1) is 9.78 Å². The lowest BCUT2D eigenvalue weighted by atomic mass is 10.2. The Morgan fingerprint density at radius 2 is 2.05 bits per heavy atom. The summed E-state index contributed by atoms with van der Waals surface area (Å²) in [6.45, 7) is -0.116. The van der Waals surface area contributed by atoms with Gasteiger partial charge in [0.2, 0.25) is 0 Å². The molecule has 114 valence electrons. The molecule has 0 aliphatic rings. The highest BCUT2D eigenvalue weighted by Gasteiger charge is 2.05. The zero-order chi connectivity index (χ0) is 15.9. The number of ether oxygens (including phenoxy) is 1. The van der Waals surface area contributed by atoms with Gasteiger partial charge in [-0.3, -0.25) is 4.79 Å². The second-order valence-electron chi connectivity index (χ2n) is 4.21. The van der Waals surface area contributed by atoms with Crippen LogP contribution >= 0.6 is 50.1 Å². The fourth-order valence-corrected chi connectivity index (χ4v) is 2.79. The van der Waals surface area contributed by atoms with Crippen LogP contribution in [-0.4, -0.2) is 18.7 Å². The Morgan fingerprint density at radius 3 is 2.73 bits per heavy atom. The van der Waals surface area contributed by atoms with Crippen LogP contribution in [0.5, 0.6) is 5.75 Å². The Kier molecular flexibility index (Phi) is 6.66. The minimum Gasteiger partial charge on any atom is -0.483 e. The van der Waals surface area contributed by atoms with Gasteiger partial charge in [0.15, 0.2) is 6.61 Å². The van der Waals surface area contributed by atoms with Crippen molar-refractivity contribution in [2.75, 3.05) is 6.61 Å². The molecule has 1 N–H and O–H groups in total. The highest BCUT2D eigenvalue weighted by molar-refractivity contribution is 14.1. The van der Waals surface area contributed by atoms with Crippen molar-refractivity contribution in [3.05, 3.63) is 61.1 Å². The van der Waals surface area contributed by atoms with Gasteiger partial charge in [-0.2, -0.15) is 5.10 Å². The number of hydrazone groups is 1. The van der Waals surface area contributed by atoms with Crippen molar-refractivity contribution in [3.63, 3.8) is 0 Å². The third-order valence-electron chi connectivity index (χ3n) is 2.53. The third-order valence-corrected chi connectivity index (χ3v) is 4.13. The molecule has 0 fully saturated rings. The Balaban J connectivity index is 1.81.